The molecule has 0 amide bonds. The summed E-state index contributed by atoms with van der Waals surface area (Å²) in [6, 6.07) is 6.30. The van der Waals surface area contributed by atoms with E-state index in [2.05, 4.69) is 51.4 Å². The van der Waals surface area contributed by atoms with E-state index in [9.17, 15) is 0 Å². The number of aliphatic imine (C=N–C) groups is 1. The van der Waals surface area contributed by atoms with Crippen molar-refractivity contribution in [3.63, 3.8) is 0 Å². The van der Waals surface area contributed by atoms with Crippen molar-refractivity contribution in [3.8, 4) is 5.75 Å². The van der Waals surface area contributed by atoms with Crippen LogP contribution in [-0.2, 0) is 25.8 Å². The number of rotatable bonds is 9. The highest BCUT2D eigenvalue weighted by Crippen LogP contribution is 2.19. The highest BCUT2D eigenvalue weighted by molar-refractivity contribution is 5.79. The number of hydrogen-bond acceptors (Lipinski definition) is 4. The van der Waals surface area contributed by atoms with E-state index in [0.717, 1.165) is 75.2 Å². The Kier molecular flexibility index (Phi) is 8.53. The van der Waals surface area contributed by atoms with E-state index >= 15 is 0 Å². The fourth-order valence-corrected chi connectivity index (χ4v) is 3.92. The molecule has 1 aliphatic heterocycles. The average molecular weight is 413 g/mol. The van der Waals surface area contributed by atoms with Crippen LogP contribution in [0.4, 0.5) is 0 Å². The van der Waals surface area contributed by atoms with Gasteiger partial charge in [-0.05, 0) is 51.2 Å². The molecule has 0 saturated carbocycles. The largest absolute Gasteiger partial charge is 0.496 e. The molecule has 1 aromatic carbocycles. The molecule has 2 heterocycles. The van der Waals surface area contributed by atoms with Gasteiger partial charge in [0, 0.05) is 39.0 Å². The van der Waals surface area contributed by atoms with Crippen LogP contribution in [0.5, 0.6) is 5.75 Å². The monoisotopic (exact) mass is 412 g/mol. The lowest BCUT2D eigenvalue weighted by Crippen LogP contribution is -2.38. The molecule has 3 rings (SSSR count). The van der Waals surface area contributed by atoms with Crippen molar-refractivity contribution in [1.82, 2.24) is 25.4 Å². The topological polar surface area (TPSA) is 76.4 Å². The van der Waals surface area contributed by atoms with Gasteiger partial charge in [-0.15, -0.1) is 10.2 Å². The van der Waals surface area contributed by atoms with Crippen LogP contribution in [-0.4, -0.2) is 47.5 Å². The SMILES string of the molecule is CCNC(=NCCCc1nnc2n1CCCCC2)NCCc1cc(C)ccc1OC. The molecule has 0 spiro atoms. The minimum atomic E-state index is 0.769. The summed E-state index contributed by atoms with van der Waals surface area (Å²) in [5.41, 5.74) is 2.46. The normalized spacial score (nSPS) is 14.2. The first-order valence-electron chi connectivity index (χ1n) is 11.3. The van der Waals surface area contributed by atoms with Gasteiger partial charge in [0.2, 0.25) is 0 Å². The summed E-state index contributed by atoms with van der Waals surface area (Å²) in [7, 11) is 1.72. The Bertz CT molecular complexity index is 829. The van der Waals surface area contributed by atoms with Gasteiger partial charge in [-0.2, -0.15) is 0 Å². The lowest BCUT2D eigenvalue weighted by Gasteiger charge is -2.13. The molecule has 7 nitrogen and oxygen atoms in total. The standard InChI is InChI=1S/C23H36N6O/c1-4-24-23(26-15-13-19-17-18(2)11-12-20(19)30-3)25-14-8-10-22-28-27-21-9-6-5-7-16-29(21)22/h11-12,17H,4-10,13-16H2,1-3H3,(H2,24,25,26). The Balaban J connectivity index is 1.48. The third-order valence-electron chi connectivity index (χ3n) is 5.48. The van der Waals surface area contributed by atoms with Gasteiger partial charge in [0.15, 0.2) is 5.96 Å². The van der Waals surface area contributed by atoms with Crippen LogP contribution >= 0.6 is 0 Å². The number of aryl methyl sites for hydroxylation is 3. The number of hydrogen-bond donors (Lipinski definition) is 2. The minimum absolute atomic E-state index is 0.769. The van der Waals surface area contributed by atoms with Crippen molar-refractivity contribution in [2.24, 2.45) is 4.99 Å². The predicted octanol–water partition coefficient (Wildman–Crippen LogP) is 3.05. The zero-order valence-electron chi connectivity index (χ0n) is 18.7. The Labute approximate surface area is 180 Å². The first kappa shape index (κ1) is 22.1. The summed E-state index contributed by atoms with van der Waals surface area (Å²) in [5, 5.41) is 15.6. The second-order valence-electron chi connectivity index (χ2n) is 7.85. The van der Waals surface area contributed by atoms with Gasteiger partial charge in [0.05, 0.1) is 7.11 Å². The lowest BCUT2D eigenvalue weighted by molar-refractivity contribution is 0.409. The Morgan fingerprint density at radius 3 is 2.90 bits per heavy atom. The molecule has 2 aromatic rings. The van der Waals surface area contributed by atoms with Crippen LogP contribution in [0.3, 0.4) is 0 Å². The van der Waals surface area contributed by atoms with Crippen molar-refractivity contribution in [3.05, 3.63) is 41.0 Å². The predicted molar refractivity (Wildman–Crippen MR) is 121 cm³/mol. The maximum absolute atomic E-state index is 5.48. The number of fused-ring (bicyclic) bond motifs is 1. The number of benzene rings is 1. The van der Waals surface area contributed by atoms with Gasteiger partial charge in [-0.3, -0.25) is 4.99 Å². The van der Waals surface area contributed by atoms with E-state index in [1.165, 1.54) is 30.4 Å². The van der Waals surface area contributed by atoms with E-state index in [0.29, 0.717) is 0 Å². The van der Waals surface area contributed by atoms with Crippen molar-refractivity contribution >= 4 is 5.96 Å². The molecule has 0 unspecified atom stereocenters. The van der Waals surface area contributed by atoms with Crippen LogP contribution in [0.15, 0.2) is 23.2 Å². The zero-order valence-corrected chi connectivity index (χ0v) is 18.7. The molecule has 0 fully saturated rings. The molecule has 0 atom stereocenters. The van der Waals surface area contributed by atoms with E-state index in [1.54, 1.807) is 7.11 Å². The minimum Gasteiger partial charge on any atom is -0.496 e. The van der Waals surface area contributed by atoms with Crippen LogP contribution < -0.4 is 15.4 Å². The first-order chi connectivity index (χ1) is 14.7. The van der Waals surface area contributed by atoms with Crippen LogP contribution in [0.1, 0.15) is 55.4 Å². The van der Waals surface area contributed by atoms with Gasteiger partial charge in [0.25, 0.3) is 0 Å². The molecule has 1 aliphatic rings. The van der Waals surface area contributed by atoms with Gasteiger partial charge < -0.3 is 19.9 Å². The summed E-state index contributed by atoms with van der Waals surface area (Å²) in [6.07, 6.45) is 7.60. The summed E-state index contributed by atoms with van der Waals surface area (Å²) in [4.78, 5) is 4.74. The van der Waals surface area contributed by atoms with Crippen molar-refractivity contribution in [2.45, 2.75) is 65.3 Å². The summed E-state index contributed by atoms with van der Waals surface area (Å²) >= 11 is 0. The summed E-state index contributed by atoms with van der Waals surface area (Å²) in [5.74, 6) is 4.08. The number of nitrogens with zero attached hydrogens (tertiary/aromatic N) is 4. The Morgan fingerprint density at radius 2 is 2.07 bits per heavy atom. The van der Waals surface area contributed by atoms with Gasteiger partial charge in [-0.1, -0.05) is 24.1 Å². The molecule has 0 radical (unpaired) electrons. The fourth-order valence-electron chi connectivity index (χ4n) is 3.92. The number of ether oxygens (including phenoxy) is 1. The highest BCUT2D eigenvalue weighted by atomic mass is 16.5. The summed E-state index contributed by atoms with van der Waals surface area (Å²) in [6.45, 7) is 7.68. The third kappa shape index (κ3) is 6.21. The van der Waals surface area contributed by atoms with E-state index in [1.807, 2.05) is 6.07 Å². The molecular formula is C23H36N6O. The maximum atomic E-state index is 5.48. The summed E-state index contributed by atoms with van der Waals surface area (Å²) < 4.78 is 7.81. The Hall–Kier alpha value is -2.57. The van der Waals surface area contributed by atoms with Gasteiger partial charge in [0.1, 0.15) is 17.4 Å². The van der Waals surface area contributed by atoms with Crippen LogP contribution in [0.2, 0.25) is 0 Å². The zero-order chi connectivity index (χ0) is 21.2. The first-order valence-corrected chi connectivity index (χ1v) is 11.3. The van der Waals surface area contributed by atoms with Crippen molar-refractivity contribution in [1.29, 1.82) is 0 Å². The molecule has 1 aromatic heterocycles. The molecule has 0 saturated heterocycles. The maximum Gasteiger partial charge on any atom is 0.191 e. The highest BCUT2D eigenvalue weighted by Gasteiger charge is 2.14. The molecule has 0 aliphatic carbocycles. The number of nitrogens with one attached hydrogen (secondary N) is 2. The Morgan fingerprint density at radius 1 is 1.17 bits per heavy atom. The average Bonchev–Trinajstić information content (AvgIpc) is 2.97. The molecule has 0 bridgehead atoms. The van der Waals surface area contributed by atoms with Gasteiger partial charge in [-0.25, -0.2) is 0 Å². The van der Waals surface area contributed by atoms with Gasteiger partial charge >= 0.3 is 0 Å². The fraction of sp³-hybridized carbons (Fsp3) is 0.609. The quantitative estimate of drug-likeness (QED) is 0.376. The van der Waals surface area contributed by atoms with E-state index in [-0.39, 0.29) is 0 Å². The number of guanidine groups is 1. The second kappa shape index (κ2) is 11.6. The van der Waals surface area contributed by atoms with Crippen LogP contribution in [0, 0.1) is 6.92 Å². The van der Waals surface area contributed by atoms with Crippen molar-refractivity contribution in [2.75, 3.05) is 26.7 Å². The number of methoxy groups -OCH3 is 1. The lowest BCUT2D eigenvalue weighted by atomic mass is 10.1. The van der Waals surface area contributed by atoms with Crippen LogP contribution in [0.25, 0.3) is 0 Å². The van der Waals surface area contributed by atoms with E-state index in [4.69, 9.17) is 9.73 Å². The molecule has 164 valence electrons. The third-order valence-corrected chi connectivity index (χ3v) is 5.48. The molecule has 2 N–H and O–H groups in total. The number of aromatic nitrogens is 3. The van der Waals surface area contributed by atoms with E-state index < -0.39 is 0 Å². The molecule has 30 heavy (non-hydrogen) atoms. The molecular weight excluding hydrogens is 376 g/mol. The molecule has 7 heteroatoms. The van der Waals surface area contributed by atoms with Crippen molar-refractivity contribution < 1.29 is 4.74 Å². The smallest absolute Gasteiger partial charge is 0.191 e. The second-order valence-corrected chi connectivity index (χ2v) is 7.85.